The molecule has 1 rings (SSSR count). The lowest BCUT2D eigenvalue weighted by atomic mass is 10.3. The molecule has 0 aliphatic heterocycles. The highest BCUT2D eigenvalue weighted by Crippen LogP contribution is 2.28. The number of thiazole rings is 1. The zero-order valence-electron chi connectivity index (χ0n) is 7.93. The second-order valence-corrected chi connectivity index (χ2v) is 3.93. The maximum absolute atomic E-state index is 10.8. The summed E-state index contributed by atoms with van der Waals surface area (Å²) in [6.07, 6.45) is 0.410. The zero-order chi connectivity index (χ0) is 12.1. The van der Waals surface area contributed by atoms with Gasteiger partial charge in [-0.05, 0) is 0 Å². The van der Waals surface area contributed by atoms with Crippen molar-refractivity contribution in [1.82, 2.24) is 4.98 Å². The maximum atomic E-state index is 10.8. The Hall–Kier alpha value is -1.67. The van der Waals surface area contributed by atoms with E-state index in [1.807, 2.05) is 0 Å². The van der Waals surface area contributed by atoms with Crippen LogP contribution in [-0.4, -0.2) is 35.3 Å². The van der Waals surface area contributed by atoms with Gasteiger partial charge in [0.1, 0.15) is 17.1 Å². The van der Waals surface area contributed by atoms with E-state index in [1.54, 1.807) is 0 Å². The molecule has 0 aliphatic rings. The number of nitrogens with one attached hydrogen (secondary N) is 1. The largest absolute Gasteiger partial charge is 0.476 e. The average molecular weight is 264 g/mol. The summed E-state index contributed by atoms with van der Waals surface area (Å²) in [4.78, 5) is 29.1. The summed E-state index contributed by atoms with van der Waals surface area (Å²) in [7, 11) is 1.20. The number of carbonyl (C=O) groups excluding carboxylic acids is 1. The molecule has 0 aliphatic carbocycles. The first-order valence-corrected chi connectivity index (χ1v) is 5.01. The number of aliphatic carboxylic acids is 1. The van der Waals surface area contributed by atoms with Crippen molar-refractivity contribution in [2.45, 2.75) is 0 Å². The maximum Gasteiger partial charge on any atom is 0.360 e. The summed E-state index contributed by atoms with van der Waals surface area (Å²) in [6.45, 7) is 0. The molecule has 0 unspecified atom stereocenters. The molecular formula is C7H6ClN3O4S. The van der Waals surface area contributed by atoms with Crippen molar-refractivity contribution in [1.29, 1.82) is 0 Å². The predicted octanol–water partition coefficient (Wildman–Crippen LogP) is 0.800. The van der Waals surface area contributed by atoms with E-state index in [1.165, 1.54) is 7.11 Å². The first kappa shape index (κ1) is 12.4. The normalized spacial score (nSPS) is 11.0. The lowest BCUT2D eigenvalue weighted by molar-refractivity contribution is -0.129. The monoisotopic (exact) mass is 263 g/mol. The van der Waals surface area contributed by atoms with Crippen LogP contribution in [0.5, 0.6) is 0 Å². The number of aromatic nitrogens is 1. The molecule has 1 heterocycles. The van der Waals surface area contributed by atoms with E-state index in [-0.39, 0.29) is 15.2 Å². The Balaban J connectivity index is 3.14. The van der Waals surface area contributed by atoms with Crippen LogP contribution < -0.4 is 5.32 Å². The highest BCUT2D eigenvalue weighted by molar-refractivity contribution is 7.20. The molecule has 0 saturated carbocycles. The van der Waals surface area contributed by atoms with Gasteiger partial charge < -0.3 is 15.3 Å². The van der Waals surface area contributed by atoms with Crippen molar-refractivity contribution in [3.05, 3.63) is 10.0 Å². The summed E-state index contributed by atoms with van der Waals surface area (Å²) in [5.41, 5.74) is -0.479. The number of carboxylic acid groups (broad SMARTS) is 1. The molecule has 9 heteroatoms. The topological polar surface area (TPSA) is 101 Å². The quantitative estimate of drug-likeness (QED) is 0.465. The van der Waals surface area contributed by atoms with Crippen molar-refractivity contribution >= 4 is 46.2 Å². The molecule has 0 spiro atoms. The van der Waals surface area contributed by atoms with Gasteiger partial charge in [-0.3, -0.25) is 4.79 Å². The molecule has 0 radical (unpaired) electrons. The lowest BCUT2D eigenvalue weighted by Crippen LogP contribution is -2.15. The van der Waals surface area contributed by atoms with Crippen LogP contribution in [0.3, 0.4) is 0 Å². The number of anilines is 1. The van der Waals surface area contributed by atoms with E-state index >= 15 is 0 Å². The molecule has 7 nitrogen and oxygen atoms in total. The fourth-order valence-corrected chi connectivity index (χ4v) is 1.84. The van der Waals surface area contributed by atoms with Gasteiger partial charge in [0.25, 0.3) is 0 Å². The van der Waals surface area contributed by atoms with Gasteiger partial charge in [-0.15, -0.1) is 0 Å². The first-order chi connectivity index (χ1) is 7.60. The number of nitrogens with zero attached hydrogens (tertiary/aromatic N) is 2. The van der Waals surface area contributed by atoms with Crippen LogP contribution in [0.25, 0.3) is 0 Å². The van der Waals surface area contributed by atoms with Gasteiger partial charge in [-0.2, -0.15) is 0 Å². The molecule has 1 aromatic heterocycles. The summed E-state index contributed by atoms with van der Waals surface area (Å²) >= 11 is 6.68. The number of oxime groups is 1. The van der Waals surface area contributed by atoms with E-state index in [0.717, 1.165) is 11.3 Å². The minimum Gasteiger partial charge on any atom is -0.476 e. The molecule has 0 saturated heterocycles. The average Bonchev–Trinajstić information content (AvgIpc) is 2.56. The fourth-order valence-electron chi connectivity index (χ4n) is 0.835. The Morgan fingerprint density at radius 2 is 2.44 bits per heavy atom. The van der Waals surface area contributed by atoms with E-state index in [4.69, 9.17) is 16.7 Å². The minimum atomic E-state index is -1.33. The number of amides is 1. The van der Waals surface area contributed by atoms with Gasteiger partial charge >= 0.3 is 5.97 Å². The molecule has 0 bridgehead atoms. The van der Waals surface area contributed by atoms with Crippen LogP contribution in [0, 0.1) is 0 Å². The van der Waals surface area contributed by atoms with Gasteiger partial charge in [-0.25, -0.2) is 9.78 Å². The zero-order valence-corrected chi connectivity index (χ0v) is 9.50. The van der Waals surface area contributed by atoms with Gasteiger partial charge in [0.2, 0.25) is 12.1 Å². The van der Waals surface area contributed by atoms with E-state index in [0.29, 0.717) is 6.41 Å². The molecular weight excluding hydrogens is 258 g/mol. The third-order valence-corrected chi connectivity index (χ3v) is 2.56. The van der Waals surface area contributed by atoms with Crippen LogP contribution in [0.15, 0.2) is 5.16 Å². The first-order valence-electron chi connectivity index (χ1n) is 3.81. The van der Waals surface area contributed by atoms with Gasteiger partial charge in [0.15, 0.2) is 5.13 Å². The van der Waals surface area contributed by atoms with E-state index in [9.17, 15) is 9.59 Å². The standard InChI is InChI=1S/C7H6ClN3O4S/c1-15-11-4(6(13)14)3-5(8)16-7(10-3)9-2-12/h2H,1H3,(H,13,14)(H,9,10,12)/b11-4-. The number of carbonyl (C=O) groups is 2. The van der Waals surface area contributed by atoms with Gasteiger partial charge in [-0.1, -0.05) is 28.1 Å². The summed E-state index contributed by atoms with van der Waals surface area (Å²) in [5.74, 6) is -1.33. The molecule has 2 N–H and O–H groups in total. The second kappa shape index (κ2) is 5.42. The molecule has 0 fully saturated rings. The Morgan fingerprint density at radius 3 is 2.94 bits per heavy atom. The highest BCUT2D eigenvalue weighted by atomic mass is 35.5. The summed E-state index contributed by atoms with van der Waals surface area (Å²) < 4.78 is 0.0996. The lowest BCUT2D eigenvalue weighted by Gasteiger charge is -1.96. The summed E-state index contributed by atoms with van der Waals surface area (Å²) in [6, 6.07) is 0. The molecule has 0 aromatic carbocycles. The fraction of sp³-hybridized carbons (Fsp3) is 0.143. The Bertz CT molecular complexity index is 445. The molecule has 86 valence electrons. The predicted molar refractivity (Wildman–Crippen MR) is 58.0 cm³/mol. The van der Waals surface area contributed by atoms with E-state index < -0.39 is 11.7 Å². The Labute approximate surface area is 98.7 Å². The van der Waals surface area contributed by atoms with Crippen molar-refractivity contribution in [3.63, 3.8) is 0 Å². The molecule has 1 amide bonds. The summed E-state index contributed by atoms with van der Waals surface area (Å²) in [5, 5.41) is 14.6. The third-order valence-electron chi connectivity index (χ3n) is 1.38. The number of hydrogen-bond acceptors (Lipinski definition) is 6. The SMILES string of the molecule is CO/N=C(\C(=O)O)c1nc(NC=O)sc1Cl. The molecule has 16 heavy (non-hydrogen) atoms. The van der Waals surface area contributed by atoms with Crippen LogP contribution in [0.4, 0.5) is 5.13 Å². The van der Waals surface area contributed by atoms with Crippen molar-refractivity contribution in [2.75, 3.05) is 12.4 Å². The smallest absolute Gasteiger partial charge is 0.360 e. The van der Waals surface area contributed by atoms with Gasteiger partial charge in [0.05, 0.1) is 0 Å². The van der Waals surface area contributed by atoms with Crippen LogP contribution in [0.1, 0.15) is 5.69 Å². The molecule has 1 aromatic rings. The van der Waals surface area contributed by atoms with Crippen LogP contribution >= 0.6 is 22.9 Å². The van der Waals surface area contributed by atoms with E-state index in [2.05, 4.69) is 20.3 Å². The van der Waals surface area contributed by atoms with Crippen molar-refractivity contribution in [2.24, 2.45) is 5.16 Å². The Morgan fingerprint density at radius 1 is 1.75 bits per heavy atom. The van der Waals surface area contributed by atoms with Crippen molar-refractivity contribution in [3.8, 4) is 0 Å². The minimum absolute atomic E-state index is 0.0506. The number of carboxylic acids is 1. The van der Waals surface area contributed by atoms with Crippen LogP contribution in [0.2, 0.25) is 4.34 Å². The highest BCUT2D eigenvalue weighted by Gasteiger charge is 2.21. The van der Waals surface area contributed by atoms with Crippen molar-refractivity contribution < 1.29 is 19.5 Å². The van der Waals surface area contributed by atoms with Crippen LogP contribution in [-0.2, 0) is 14.4 Å². The molecule has 0 atom stereocenters. The van der Waals surface area contributed by atoms with Gasteiger partial charge in [0, 0.05) is 0 Å². The number of halogens is 1. The second-order valence-electron chi connectivity index (χ2n) is 2.33. The number of hydrogen-bond donors (Lipinski definition) is 2. The Kier molecular flexibility index (Phi) is 4.20. The number of rotatable bonds is 5. The third kappa shape index (κ3) is 2.67.